The molecule has 0 aliphatic carbocycles. The van der Waals surface area contributed by atoms with Crippen molar-refractivity contribution in [1.29, 1.82) is 0 Å². The first-order valence-electron chi connectivity index (χ1n) is 7.41. The van der Waals surface area contributed by atoms with Crippen molar-refractivity contribution in [3.63, 3.8) is 0 Å². The SMILES string of the molecule is CCOc1ccc(NC(=O)C2Nc3ccccc3S(=O)(=O)N2)cc1. The van der Waals surface area contributed by atoms with Crippen LogP contribution >= 0.6 is 0 Å². The number of sulfonamides is 1. The predicted octanol–water partition coefficient (Wildman–Crippen LogP) is 1.75. The van der Waals surface area contributed by atoms with Gasteiger partial charge in [0.25, 0.3) is 5.91 Å². The van der Waals surface area contributed by atoms with Crippen molar-refractivity contribution in [3.8, 4) is 5.75 Å². The highest BCUT2D eigenvalue weighted by atomic mass is 32.2. The Morgan fingerprint density at radius 1 is 1.17 bits per heavy atom. The quantitative estimate of drug-likeness (QED) is 0.783. The molecule has 0 saturated heterocycles. The minimum absolute atomic E-state index is 0.120. The van der Waals surface area contributed by atoms with Crippen molar-refractivity contribution in [3.05, 3.63) is 48.5 Å². The Kier molecular flexibility index (Phi) is 4.41. The standard InChI is InChI=1S/C16H17N3O4S/c1-2-23-12-9-7-11(8-10-12)17-16(20)15-18-13-5-3-4-6-14(13)24(21,22)19-15/h3-10,15,18-19H,2H2,1H3,(H,17,20). The fraction of sp³-hybridized carbons (Fsp3) is 0.188. The molecular formula is C16H17N3O4S. The molecular weight excluding hydrogens is 330 g/mol. The maximum atomic E-state index is 12.3. The van der Waals surface area contributed by atoms with E-state index in [1.807, 2.05) is 6.92 Å². The molecule has 3 N–H and O–H groups in total. The number of amides is 1. The second-order valence-corrected chi connectivity index (χ2v) is 6.82. The van der Waals surface area contributed by atoms with E-state index in [0.29, 0.717) is 23.7 Å². The number of hydrogen-bond acceptors (Lipinski definition) is 5. The summed E-state index contributed by atoms with van der Waals surface area (Å²) < 4.78 is 32.1. The Bertz CT molecular complexity index is 850. The number of carbonyl (C=O) groups is 1. The van der Waals surface area contributed by atoms with Gasteiger partial charge in [-0.2, -0.15) is 4.72 Å². The molecule has 0 bridgehead atoms. The van der Waals surface area contributed by atoms with E-state index < -0.39 is 22.1 Å². The summed E-state index contributed by atoms with van der Waals surface area (Å²) >= 11 is 0. The van der Waals surface area contributed by atoms with E-state index in [9.17, 15) is 13.2 Å². The Hall–Kier alpha value is -2.58. The molecule has 8 heteroatoms. The fourth-order valence-corrected chi connectivity index (χ4v) is 3.64. The number of rotatable bonds is 4. The van der Waals surface area contributed by atoms with Gasteiger partial charge in [0, 0.05) is 5.69 Å². The van der Waals surface area contributed by atoms with Gasteiger partial charge in [0.05, 0.1) is 12.3 Å². The molecule has 0 fully saturated rings. The van der Waals surface area contributed by atoms with E-state index in [0.717, 1.165) is 0 Å². The van der Waals surface area contributed by atoms with Crippen molar-refractivity contribution in [1.82, 2.24) is 4.72 Å². The van der Waals surface area contributed by atoms with Gasteiger partial charge in [0.15, 0.2) is 6.17 Å². The number of ether oxygens (including phenoxy) is 1. The van der Waals surface area contributed by atoms with Gasteiger partial charge in [-0.1, -0.05) is 12.1 Å². The van der Waals surface area contributed by atoms with E-state index in [4.69, 9.17) is 4.74 Å². The van der Waals surface area contributed by atoms with Crippen LogP contribution in [-0.2, 0) is 14.8 Å². The molecule has 7 nitrogen and oxygen atoms in total. The average molecular weight is 347 g/mol. The van der Waals surface area contributed by atoms with E-state index in [2.05, 4.69) is 15.4 Å². The predicted molar refractivity (Wildman–Crippen MR) is 90.4 cm³/mol. The lowest BCUT2D eigenvalue weighted by Crippen LogP contribution is -2.51. The number of nitrogens with one attached hydrogen (secondary N) is 3. The van der Waals surface area contributed by atoms with Crippen LogP contribution in [0.25, 0.3) is 0 Å². The van der Waals surface area contributed by atoms with Gasteiger partial charge in [-0.3, -0.25) is 4.79 Å². The van der Waals surface area contributed by atoms with Crippen molar-refractivity contribution in [2.24, 2.45) is 0 Å². The summed E-state index contributed by atoms with van der Waals surface area (Å²) in [6, 6.07) is 13.3. The number of fused-ring (bicyclic) bond motifs is 1. The summed E-state index contributed by atoms with van der Waals surface area (Å²) in [6.45, 7) is 2.44. The van der Waals surface area contributed by atoms with E-state index in [1.54, 1.807) is 42.5 Å². The molecule has 0 aromatic heterocycles. The molecule has 1 amide bonds. The van der Waals surface area contributed by atoms with Crippen LogP contribution in [0.15, 0.2) is 53.4 Å². The van der Waals surface area contributed by atoms with E-state index in [-0.39, 0.29) is 4.90 Å². The highest BCUT2D eigenvalue weighted by molar-refractivity contribution is 7.89. The lowest BCUT2D eigenvalue weighted by molar-refractivity contribution is -0.117. The molecule has 1 heterocycles. The summed E-state index contributed by atoms with van der Waals surface area (Å²) in [5, 5.41) is 5.54. The zero-order valence-corrected chi connectivity index (χ0v) is 13.8. The summed E-state index contributed by atoms with van der Waals surface area (Å²) in [7, 11) is -3.74. The third-order valence-corrected chi connectivity index (χ3v) is 4.93. The van der Waals surface area contributed by atoms with E-state index in [1.165, 1.54) is 6.07 Å². The second kappa shape index (κ2) is 6.50. The van der Waals surface area contributed by atoms with Crippen molar-refractivity contribution in [2.75, 3.05) is 17.2 Å². The summed E-state index contributed by atoms with van der Waals surface area (Å²) in [5.74, 6) is 0.193. The maximum Gasteiger partial charge on any atom is 0.262 e. The Balaban J connectivity index is 1.74. The fourth-order valence-electron chi connectivity index (χ4n) is 2.36. The highest BCUT2D eigenvalue weighted by Gasteiger charge is 2.32. The van der Waals surface area contributed by atoms with Gasteiger partial charge in [-0.15, -0.1) is 0 Å². The average Bonchev–Trinajstić information content (AvgIpc) is 2.56. The third kappa shape index (κ3) is 3.34. The molecule has 0 saturated carbocycles. The van der Waals surface area contributed by atoms with Crippen molar-refractivity contribution >= 4 is 27.3 Å². The van der Waals surface area contributed by atoms with Crippen LogP contribution in [-0.4, -0.2) is 27.1 Å². The number of hydrogen-bond donors (Lipinski definition) is 3. The number of para-hydroxylation sites is 1. The van der Waals surface area contributed by atoms with Crippen LogP contribution in [0.1, 0.15) is 6.92 Å². The molecule has 126 valence electrons. The summed E-state index contributed by atoms with van der Waals surface area (Å²) in [6.07, 6.45) is -1.09. The van der Waals surface area contributed by atoms with Gasteiger partial charge in [-0.05, 0) is 43.3 Å². The Morgan fingerprint density at radius 2 is 1.88 bits per heavy atom. The largest absolute Gasteiger partial charge is 0.494 e. The normalized spacial score (nSPS) is 18.1. The smallest absolute Gasteiger partial charge is 0.262 e. The third-order valence-electron chi connectivity index (χ3n) is 3.44. The van der Waals surface area contributed by atoms with Crippen LogP contribution in [0.3, 0.4) is 0 Å². The van der Waals surface area contributed by atoms with Crippen molar-refractivity contribution < 1.29 is 17.9 Å². The zero-order valence-electron chi connectivity index (χ0n) is 12.9. The minimum atomic E-state index is -3.74. The minimum Gasteiger partial charge on any atom is -0.494 e. The molecule has 0 radical (unpaired) electrons. The van der Waals surface area contributed by atoms with Crippen LogP contribution < -0.4 is 20.1 Å². The first kappa shape index (κ1) is 16.3. The zero-order chi connectivity index (χ0) is 17.2. The lowest BCUT2D eigenvalue weighted by Gasteiger charge is -2.27. The Morgan fingerprint density at radius 3 is 2.58 bits per heavy atom. The van der Waals surface area contributed by atoms with Crippen LogP contribution in [0.2, 0.25) is 0 Å². The molecule has 2 aromatic carbocycles. The monoisotopic (exact) mass is 347 g/mol. The molecule has 0 spiro atoms. The van der Waals surface area contributed by atoms with Crippen molar-refractivity contribution in [2.45, 2.75) is 18.0 Å². The summed E-state index contributed by atoms with van der Waals surface area (Å²) in [4.78, 5) is 12.5. The molecule has 24 heavy (non-hydrogen) atoms. The molecule has 3 rings (SSSR count). The molecule has 1 aliphatic heterocycles. The van der Waals surface area contributed by atoms with Gasteiger partial charge in [0.2, 0.25) is 10.0 Å². The molecule has 1 atom stereocenters. The molecule has 2 aromatic rings. The number of carbonyl (C=O) groups excluding carboxylic acids is 1. The lowest BCUT2D eigenvalue weighted by atomic mass is 10.2. The topological polar surface area (TPSA) is 96.5 Å². The van der Waals surface area contributed by atoms with Gasteiger partial charge in [-0.25, -0.2) is 8.42 Å². The second-order valence-electron chi connectivity index (χ2n) is 5.14. The van der Waals surface area contributed by atoms with E-state index >= 15 is 0 Å². The van der Waals surface area contributed by atoms with Gasteiger partial charge in [0.1, 0.15) is 10.6 Å². The first-order valence-corrected chi connectivity index (χ1v) is 8.89. The number of benzene rings is 2. The van der Waals surface area contributed by atoms with Crippen LogP contribution in [0, 0.1) is 0 Å². The molecule has 1 aliphatic rings. The number of anilines is 2. The maximum absolute atomic E-state index is 12.3. The van der Waals surface area contributed by atoms with Gasteiger partial charge >= 0.3 is 0 Å². The highest BCUT2D eigenvalue weighted by Crippen LogP contribution is 2.25. The molecule has 1 unspecified atom stereocenters. The van der Waals surface area contributed by atoms with Crippen LogP contribution in [0.4, 0.5) is 11.4 Å². The van der Waals surface area contributed by atoms with Crippen LogP contribution in [0.5, 0.6) is 5.75 Å². The first-order chi connectivity index (χ1) is 11.5. The Labute approximate surface area is 140 Å². The summed E-state index contributed by atoms with van der Waals surface area (Å²) in [5.41, 5.74) is 0.936. The van der Waals surface area contributed by atoms with Gasteiger partial charge < -0.3 is 15.4 Å².